The van der Waals surface area contributed by atoms with E-state index in [4.69, 9.17) is 0 Å². The van der Waals surface area contributed by atoms with Crippen molar-refractivity contribution < 1.29 is 14.4 Å². The van der Waals surface area contributed by atoms with Crippen LogP contribution in [-0.2, 0) is 9.59 Å². The average molecular weight is 400 g/mol. The summed E-state index contributed by atoms with van der Waals surface area (Å²) in [6.07, 6.45) is 5.41. The number of hydrogen-bond acceptors (Lipinski definition) is 3. The monoisotopic (exact) mass is 399 g/mol. The highest BCUT2D eigenvalue weighted by Crippen LogP contribution is 2.38. The molecular weight excluding hydrogens is 366 g/mol. The van der Waals surface area contributed by atoms with Crippen molar-refractivity contribution in [2.24, 2.45) is 11.8 Å². The van der Waals surface area contributed by atoms with Gasteiger partial charge in [-0.1, -0.05) is 76.8 Å². The van der Waals surface area contributed by atoms with Crippen LogP contribution >= 0.6 is 0 Å². The molecule has 2 fully saturated rings. The van der Waals surface area contributed by atoms with Crippen molar-refractivity contribution in [3.8, 4) is 0 Å². The zero-order chi connectivity index (χ0) is 21.0. The van der Waals surface area contributed by atoms with Gasteiger partial charge in [0.05, 0.1) is 6.04 Å². The second-order valence-electron chi connectivity index (χ2n) is 8.47. The Morgan fingerprint density at radius 3 is 2.52 bits per heavy atom. The van der Waals surface area contributed by atoms with E-state index >= 15 is 0 Å². The average Bonchev–Trinajstić information content (AvgIpc) is 2.96. The molecule has 0 radical (unpaired) electrons. The van der Waals surface area contributed by atoms with Crippen molar-refractivity contribution in [3.05, 3.63) is 35.9 Å². The number of carbonyl (C=O) groups is 3. The molecule has 6 nitrogen and oxygen atoms in total. The molecule has 6 heteroatoms. The number of nitrogens with one attached hydrogen (secondary N) is 2. The Labute approximate surface area is 173 Å². The zero-order valence-corrected chi connectivity index (χ0v) is 17.7. The van der Waals surface area contributed by atoms with Crippen LogP contribution in [-0.4, -0.2) is 34.8 Å². The zero-order valence-electron chi connectivity index (χ0n) is 17.7. The first kappa shape index (κ1) is 21.3. The fourth-order valence-corrected chi connectivity index (χ4v) is 4.90. The number of nitrogens with zero attached hydrogens (tertiary/aromatic N) is 1. The molecule has 1 aromatic rings. The number of imide groups is 1. The van der Waals surface area contributed by atoms with Crippen LogP contribution in [0.2, 0.25) is 0 Å². The first-order valence-corrected chi connectivity index (χ1v) is 10.9. The van der Waals surface area contributed by atoms with Crippen LogP contribution < -0.4 is 10.6 Å². The third-order valence-electron chi connectivity index (χ3n) is 6.80. The van der Waals surface area contributed by atoms with E-state index in [1.807, 2.05) is 37.3 Å². The van der Waals surface area contributed by atoms with Crippen molar-refractivity contribution in [3.63, 3.8) is 0 Å². The lowest BCUT2D eigenvalue weighted by atomic mass is 9.73. The molecule has 1 aliphatic carbocycles. The molecule has 1 aliphatic heterocycles. The molecule has 2 N–H and O–H groups in total. The lowest BCUT2D eigenvalue weighted by molar-refractivity contribution is -0.137. The molecular formula is C23H33N3O3. The Hall–Kier alpha value is -2.37. The predicted molar refractivity (Wildman–Crippen MR) is 112 cm³/mol. The number of benzene rings is 1. The standard InChI is InChI=1S/C23H33N3O3/c1-4-17(5-2)20(18-12-7-6-8-13-18)24-19(27)15-26-21(28)23(25-22(26)29)14-10-9-11-16(23)3/h6-8,12-13,16-17,20H,4-5,9-11,14-15H2,1-3H3,(H,24,27)(H,25,29). The van der Waals surface area contributed by atoms with Crippen LogP contribution in [0.5, 0.6) is 0 Å². The highest BCUT2D eigenvalue weighted by Gasteiger charge is 2.55. The summed E-state index contributed by atoms with van der Waals surface area (Å²) >= 11 is 0. The number of rotatable bonds is 7. The Morgan fingerprint density at radius 1 is 1.21 bits per heavy atom. The molecule has 3 atom stereocenters. The van der Waals surface area contributed by atoms with Crippen molar-refractivity contribution in [2.45, 2.75) is 70.9 Å². The quantitative estimate of drug-likeness (QED) is 0.685. The lowest BCUT2D eigenvalue weighted by Gasteiger charge is -2.36. The predicted octanol–water partition coefficient (Wildman–Crippen LogP) is 3.78. The van der Waals surface area contributed by atoms with Crippen molar-refractivity contribution >= 4 is 17.8 Å². The van der Waals surface area contributed by atoms with E-state index in [2.05, 4.69) is 24.5 Å². The highest BCUT2D eigenvalue weighted by atomic mass is 16.2. The van der Waals surface area contributed by atoms with Crippen molar-refractivity contribution in [1.29, 1.82) is 0 Å². The lowest BCUT2D eigenvalue weighted by Crippen LogP contribution is -2.54. The van der Waals surface area contributed by atoms with Gasteiger partial charge in [0.1, 0.15) is 12.1 Å². The van der Waals surface area contributed by atoms with Gasteiger partial charge in [0.2, 0.25) is 5.91 Å². The van der Waals surface area contributed by atoms with E-state index in [0.29, 0.717) is 6.42 Å². The highest BCUT2D eigenvalue weighted by molar-refractivity contribution is 6.09. The second-order valence-corrected chi connectivity index (χ2v) is 8.47. The first-order valence-electron chi connectivity index (χ1n) is 10.9. The summed E-state index contributed by atoms with van der Waals surface area (Å²) in [5.41, 5.74) is 0.216. The maximum atomic E-state index is 13.1. The number of carbonyl (C=O) groups excluding carboxylic acids is 3. The fourth-order valence-electron chi connectivity index (χ4n) is 4.90. The molecule has 0 bridgehead atoms. The minimum absolute atomic E-state index is 0.0855. The molecule has 1 saturated heterocycles. The minimum atomic E-state index is -0.830. The molecule has 3 unspecified atom stereocenters. The van der Waals surface area contributed by atoms with E-state index in [1.54, 1.807) is 0 Å². The topological polar surface area (TPSA) is 78.5 Å². The summed E-state index contributed by atoms with van der Waals surface area (Å²) in [5.74, 6) is -0.171. The van der Waals surface area contributed by atoms with Gasteiger partial charge in [0, 0.05) is 0 Å². The molecule has 1 spiro atoms. The van der Waals surface area contributed by atoms with Gasteiger partial charge in [-0.25, -0.2) is 4.79 Å². The SMILES string of the molecule is CCC(CC)C(NC(=O)CN1C(=O)NC2(CCCCC2C)C1=O)c1ccccc1. The fraction of sp³-hybridized carbons (Fsp3) is 0.609. The molecule has 4 amide bonds. The van der Waals surface area contributed by atoms with Gasteiger partial charge in [0.25, 0.3) is 5.91 Å². The van der Waals surface area contributed by atoms with Crippen LogP contribution in [0.15, 0.2) is 30.3 Å². The number of urea groups is 1. The van der Waals surface area contributed by atoms with E-state index < -0.39 is 11.6 Å². The van der Waals surface area contributed by atoms with Gasteiger partial charge in [-0.15, -0.1) is 0 Å². The van der Waals surface area contributed by atoms with Gasteiger partial charge in [-0.05, 0) is 30.2 Å². The molecule has 0 aromatic heterocycles. The van der Waals surface area contributed by atoms with Crippen LogP contribution in [0.3, 0.4) is 0 Å². The Morgan fingerprint density at radius 2 is 1.90 bits per heavy atom. The summed E-state index contributed by atoms with van der Waals surface area (Å²) in [7, 11) is 0. The van der Waals surface area contributed by atoms with Crippen LogP contribution in [0.4, 0.5) is 4.79 Å². The summed E-state index contributed by atoms with van der Waals surface area (Å²) in [5, 5.41) is 6.00. The van der Waals surface area contributed by atoms with Gasteiger partial charge in [-0.2, -0.15) is 0 Å². The maximum Gasteiger partial charge on any atom is 0.325 e. The van der Waals surface area contributed by atoms with Crippen LogP contribution in [0.1, 0.15) is 70.9 Å². The van der Waals surface area contributed by atoms with E-state index in [0.717, 1.165) is 42.6 Å². The molecule has 2 aliphatic rings. The number of amides is 4. The molecule has 1 saturated carbocycles. The van der Waals surface area contributed by atoms with E-state index in [-0.39, 0.29) is 36.2 Å². The van der Waals surface area contributed by atoms with Crippen LogP contribution in [0.25, 0.3) is 0 Å². The van der Waals surface area contributed by atoms with E-state index in [1.165, 1.54) is 0 Å². The van der Waals surface area contributed by atoms with Gasteiger partial charge >= 0.3 is 6.03 Å². The molecule has 158 valence electrons. The molecule has 1 aromatic carbocycles. The molecule has 3 rings (SSSR count). The second kappa shape index (κ2) is 8.97. The molecule has 1 heterocycles. The largest absolute Gasteiger partial charge is 0.347 e. The van der Waals surface area contributed by atoms with Crippen molar-refractivity contribution in [2.75, 3.05) is 6.54 Å². The third kappa shape index (κ3) is 4.16. The Bertz CT molecular complexity index is 747. The normalized spacial score (nSPS) is 25.4. The van der Waals surface area contributed by atoms with E-state index in [9.17, 15) is 14.4 Å². The van der Waals surface area contributed by atoms with Crippen LogP contribution in [0, 0.1) is 11.8 Å². The van der Waals surface area contributed by atoms with Crippen molar-refractivity contribution in [1.82, 2.24) is 15.5 Å². The summed E-state index contributed by atoms with van der Waals surface area (Å²) in [6.45, 7) is 6.01. The first-order chi connectivity index (χ1) is 13.9. The Balaban J connectivity index is 1.73. The van der Waals surface area contributed by atoms with Gasteiger partial charge in [-0.3, -0.25) is 14.5 Å². The summed E-state index contributed by atoms with van der Waals surface area (Å²) in [6, 6.07) is 9.31. The third-order valence-corrected chi connectivity index (χ3v) is 6.80. The molecule has 29 heavy (non-hydrogen) atoms. The van der Waals surface area contributed by atoms with Gasteiger partial charge < -0.3 is 10.6 Å². The Kier molecular flexibility index (Phi) is 6.60. The minimum Gasteiger partial charge on any atom is -0.347 e. The maximum absolute atomic E-state index is 13.1. The van der Waals surface area contributed by atoms with Gasteiger partial charge in [0.15, 0.2) is 0 Å². The summed E-state index contributed by atoms with van der Waals surface area (Å²) < 4.78 is 0. The smallest absolute Gasteiger partial charge is 0.325 e. The summed E-state index contributed by atoms with van der Waals surface area (Å²) in [4.78, 5) is 39.6. The number of hydrogen-bond donors (Lipinski definition) is 2.